The van der Waals surface area contributed by atoms with E-state index in [1.165, 1.54) is 0 Å². The highest BCUT2D eigenvalue weighted by Gasteiger charge is 2.29. The molecule has 0 aliphatic rings. The van der Waals surface area contributed by atoms with Gasteiger partial charge in [-0.2, -0.15) is 5.26 Å². The van der Waals surface area contributed by atoms with E-state index >= 15 is 0 Å². The Morgan fingerprint density at radius 2 is 1.73 bits per heavy atom. The van der Waals surface area contributed by atoms with Gasteiger partial charge in [-0.05, 0) is 31.2 Å². The molecule has 1 aromatic carbocycles. The summed E-state index contributed by atoms with van der Waals surface area (Å²) in [5, 5.41) is 16.9. The van der Waals surface area contributed by atoms with Gasteiger partial charge in [-0.15, -0.1) is 0 Å². The molecule has 3 N–H and O–H groups in total. The summed E-state index contributed by atoms with van der Waals surface area (Å²) < 4.78 is 0. The predicted octanol–water partition coefficient (Wildman–Crippen LogP) is 2.75. The lowest BCUT2D eigenvalue weighted by Gasteiger charge is -2.33. The van der Waals surface area contributed by atoms with Crippen molar-refractivity contribution < 1.29 is 9.59 Å². The van der Waals surface area contributed by atoms with Crippen LogP contribution in [-0.4, -0.2) is 30.1 Å². The van der Waals surface area contributed by atoms with Crippen molar-refractivity contribution in [2.45, 2.75) is 59.0 Å². The maximum Gasteiger partial charge on any atom is 0.315 e. The number of carbonyl (C=O) groups excluding carboxylic acids is 2. The molecule has 1 atom stereocenters. The molecular formula is C20H30N4O2. The van der Waals surface area contributed by atoms with Gasteiger partial charge in [0.15, 0.2) is 0 Å². The first-order chi connectivity index (χ1) is 12.0. The third-order valence-corrected chi connectivity index (χ3v) is 3.67. The summed E-state index contributed by atoms with van der Waals surface area (Å²) in [6.07, 6.45) is 1.14. The largest absolute Gasteiger partial charge is 0.341 e. The van der Waals surface area contributed by atoms with Crippen LogP contribution in [0, 0.1) is 16.7 Å². The first-order valence-corrected chi connectivity index (χ1v) is 8.80. The number of amides is 3. The number of hydrogen-bond acceptors (Lipinski definition) is 3. The number of nitrogens with one attached hydrogen (secondary N) is 3. The Bertz CT molecular complexity index is 642. The van der Waals surface area contributed by atoms with Gasteiger partial charge in [0.2, 0.25) is 5.91 Å². The van der Waals surface area contributed by atoms with Crippen LogP contribution < -0.4 is 16.0 Å². The van der Waals surface area contributed by atoms with Crippen molar-refractivity contribution in [3.05, 3.63) is 35.9 Å². The summed E-state index contributed by atoms with van der Waals surface area (Å²) in [6, 6.07) is 10.2. The molecule has 0 saturated heterocycles. The van der Waals surface area contributed by atoms with Crippen LogP contribution in [-0.2, 0) is 11.2 Å². The highest BCUT2D eigenvalue weighted by Crippen LogP contribution is 2.26. The molecule has 1 unspecified atom stereocenters. The molecule has 0 saturated carbocycles. The molecule has 0 bridgehead atoms. The van der Waals surface area contributed by atoms with E-state index in [0.29, 0.717) is 6.42 Å². The average Bonchev–Trinajstić information content (AvgIpc) is 2.49. The molecule has 0 aromatic heterocycles. The molecule has 1 rings (SSSR count). The van der Waals surface area contributed by atoms with E-state index in [1.807, 2.05) is 50.2 Å². The lowest BCUT2D eigenvalue weighted by atomic mass is 9.82. The fourth-order valence-electron chi connectivity index (χ4n) is 3.18. The zero-order valence-electron chi connectivity index (χ0n) is 16.3. The SMILES string of the molecule is CC(C)(C)CC(C)(C)NC(=O)NC(Cc1ccccc1)C(=O)NCC#N. The first-order valence-electron chi connectivity index (χ1n) is 8.80. The van der Waals surface area contributed by atoms with Gasteiger partial charge < -0.3 is 16.0 Å². The third-order valence-electron chi connectivity index (χ3n) is 3.67. The lowest BCUT2D eigenvalue weighted by Crippen LogP contribution is -2.56. The minimum Gasteiger partial charge on any atom is -0.341 e. The molecule has 142 valence electrons. The molecule has 0 radical (unpaired) electrons. The van der Waals surface area contributed by atoms with Gasteiger partial charge in [-0.1, -0.05) is 51.1 Å². The summed E-state index contributed by atoms with van der Waals surface area (Å²) in [6.45, 7) is 10.2. The second-order valence-corrected chi connectivity index (χ2v) is 8.34. The second-order valence-electron chi connectivity index (χ2n) is 8.34. The van der Waals surface area contributed by atoms with E-state index in [9.17, 15) is 9.59 Å². The Morgan fingerprint density at radius 3 is 2.27 bits per heavy atom. The van der Waals surface area contributed by atoms with Crippen LogP contribution in [0.1, 0.15) is 46.6 Å². The maximum atomic E-state index is 12.5. The fraction of sp³-hybridized carbons (Fsp3) is 0.550. The van der Waals surface area contributed by atoms with Crippen molar-refractivity contribution in [3.8, 4) is 6.07 Å². The number of urea groups is 1. The molecule has 0 aliphatic heterocycles. The topological polar surface area (TPSA) is 94.0 Å². The molecule has 0 fully saturated rings. The van der Waals surface area contributed by atoms with Crippen molar-refractivity contribution >= 4 is 11.9 Å². The van der Waals surface area contributed by atoms with Gasteiger partial charge in [0.05, 0.1) is 6.07 Å². The Kier molecular flexibility index (Phi) is 7.63. The third kappa shape index (κ3) is 8.52. The molecule has 6 nitrogen and oxygen atoms in total. The number of hydrogen-bond donors (Lipinski definition) is 3. The standard InChI is InChI=1S/C20H30N4O2/c1-19(2,3)14-20(4,5)24-18(26)23-16(17(25)22-12-11-21)13-15-9-7-6-8-10-15/h6-10,16H,12-14H2,1-5H3,(H,22,25)(H2,23,24,26). The molecule has 26 heavy (non-hydrogen) atoms. The molecular weight excluding hydrogens is 328 g/mol. The highest BCUT2D eigenvalue weighted by atomic mass is 16.2. The number of carbonyl (C=O) groups is 2. The summed E-state index contributed by atoms with van der Waals surface area (Å²) >= 11 is 0. The van der Waals surface area contributed by atoms with Gasteiger partial charge >= 0.3 is 6.03 Å². The van der Waals surface area contributed by atoms with Crippen LogP contribution in [0.3, 0.4) is 0 Å². The average molecular weight is 358 g/mol. The van der Waals surface area contributed by atoms with Gasteiger partial charge in [-0.3, -0.25) is 4.79 Å². The van der Waals surface area contributed by atoms with Crippen LogP contribution in [0.25, 0.3) is 0 Å². The summed E-state index contributed by atoms with van der Waals surface area (Å²) in [7, 11) is 0. The number of nitrogens with zero attached hydrogens (tertiary/aromatic N) is 1. The number of rotatable bonds is 7. The van der Waals surface area contributed by atoms with E-state index in [-0.39, 0.29) is 17.9 Å². The minimum atomic E-state index is -0.754. The lowest BCUT2D eigenvalue weighted by molar-refractivity contribution is -0.122. The van der Waals surface area contributed by atoms with Crippen LogP contribution >= 0.6 is 0 Å². The Hall–Kier alpha value is -2.55. The molecule has 0 aliphatic carbocycles. The van der Waals surface area contributed by atoms with Gasteiger partial charge in [0, 0.05) is 12.0 Å². The van der Waals surface area contributed by atoms with Gasteiger partial charge in [0.25, 0.3) is 0 Å². The molecule has 1 aromatic rings. The van der Waals surface area contributed by atoms with Crippen molar-refractivity contribution in [2.24, 2.45) is 5.41 Å². The minimum absolute atomic E-state index is 0.0599. The van der Waals surface area contributed by atoms with Crippen molar-refractivity contribution in [3.63, 3.8) is 0 Å². The number of benzene rings is 1. The van der Waals surface area contributed by atoms with Gasteiger partial charge in [0.1, 0.15) is 12.6 Å². The van der Waals surface area contributed by atoms with E-state index in [1.54, 1.807) is 0 Å². The van der Waals surface area contributed by atoms with E-state index in [0.717, 1.165) is 12.0 Å². The summed E-state index contributed by atoms with van der Waals surface area (Å²) in [5.41, 5.74) is 0.575. The Labute approximate surface area is 156 Å². The highest BCUT2D eigenvalue weighted by molar-refractivity contribution is 5.87. The predicted molar refractivity (Wildman–Crippen MR) is 102 cm³/mol. The summed E-state index contributed by atoms with van der Waals surface area (Å²) in [5.74, 6) is -0.376. The Balaban J connectivity index is 2.79. The van der Waals surface area contributed by atoms with Gasteiger partial charge in [-0.25, -0.2) is 4.79 Å². The number of nitriles is 1. The van der Waals surface area contributed by atoms with Crippen LogP contribution in [0.2, 0.25) is 0 Å². The van der Waals surface area contributed by atoms with Crippen LogP contribution in [0.5, 0.6) is 0 Å². The van der Waals surface area contributed by atoms with E-state index in [4.69, 9.17) is 5.26 Å². The maximum absolute atomic E-state index is 12.5. The molecule has 0 spiro atoms. The monoisotopic (exact) mass is 358 g/mol. The molecule has 0 heterocycles. The van der Waals surface area contributed by atoms with Crippen molar-refractivity contribution in [1.82, 2.24) is 16.0 Å². The molecule has 6 heteroatoms. The smallest absolute Gasteiger partial charge is 0.315 e. The quantitative estimate of drug-likeness (QED) is 0.654. The first kappa shape index (κ1) is 21.5. The summed E-state index contributed by atoms with van der Waals surface area (Å²) in [4.78, 5) is 24.8. The van der Waals surface area contributed by atoms with Crippen molar-refractivity contribution in [1.29, 1.82) is 5.26 Å². The zero-order valence-corrected chi connectivity index (χ0v) is 16.3. The van der Waals surface area contributed by atoms with Crippen LogP contribution in [0.15, 0.2) is 30.3 Å². The van der Waals surface area contributed by atoms with E-state index < -0.39 is 17.6 Å². The Morgan fingerprint density at radius 1 is 1.12 bits per heavy atom. The van der Waals surface area contributed by atoms with Crippen molar-refractivity contribution in [2.75, 3.05) is 6.54 Å². The normalized spacial score (nSPS) is 12.6. The second kappa shape index (κ2) is 9.23. The van der Waals surface area contributed by atoms with Crippen LogP contribution in [0.4, 0.5) is 4.79 Å². The fourth-order valence-corrected chi connectivity index (χ4v) is 3.18. The molecule has 3 amide bonds. The van der Waals surface area contributed by atoms with E-state index in [2.05, 4.69) is 36.7 Å². The zero-order chi connectivity index (χ0) is 19.8.